The predicted molar refractivity (Wildman–Crippen MR) is 142 cm³/mol. The van der Waals surface area contributed by atoms with E-state index in [0.717, 1.165) is 30.0 Å². The zero-order chi connectivity index (χ0) is 24.1. The minimum absolute atomic E-state index is 0.0150. The SMILES string of the molecule is CCN(CC)c1ccc(C2c3sc(=O)n(CC(=O)N4CCOCC4)c3SC3C4CCC(C4)C23)cc1. The number of carbonyl (C=O) groups is 1. The molecule has 1 aromatic heterocycles. The third kappa shape index (κ3) is 4.05. The van der Waals surface area contributed by atoms with Gasteiger partial charge in [0.15, 0.2) is 0 Å². The Morgan fingerprint density at radius 3 is 2.51 bits per heavy atom. The van der Waals surface area contributed by atoms with Crippen molar-refractivity contribution < 1.29 is 9.53 Å². The van der Waals surface area contributed by atoms with Crippen molar-refractivity contribution in [2.75, 3.05) is 44.3 Å². The molecular weight excluding hydrogens is 478 g/mol. The molecule has 2 aliphatic carbocycles. The van der Waals surface area contributed by atoms with E-state index in [1.54, 1.807) is 4.57 Å². The van der Waals surface area contributed by atoms with Crippen LogP contribution in [0.25, 0.3) is 0 Å². The number of nitrogens with zero attached hydrogens (tertiary/aromatic N) is 3. The van der Waals surface area contributed by atoms with Crippen LogP contribution in [-0.2, 0) is 16.1 Å². The molecule has 3 fully saturated rings. The summed E-state index contributed by atoms with van der Waals surface area (Å²) in [5.74, 6) is 2.37. The minimum atomic E-state index is 0.0150. The smallest absolute Gasteiger partial charge is 0.308 e. The third-order valence-electron chi connectivity index (χ3n) is 8.73. The highest BCUT2D eigenvalue weighted by molar-refractivity contribution is 8.00. The van der Waals surface area contributed by atoms with Crippen LogP contribution in [0.3, 0.4) is 0 Å². The molecule has 2 aliphatic heterocycles. The highest BCUT2D eigenvalue weighted by Gasteiger charge is 2.55. The number of hydrogen-bond acceptors (Lipinski definition) is 6. The Labute approximate surface area is 215 Å². The number of fused-ring (bicyclic) bond motifs is 6. The lowest BCUT2D eigenvalue weighted by atomic mass is 9.75. The summed E-state index contributed by atoms with van der Waals surface area (Å²) in [7, 11) is 0. The van der Waals surface area contributed by atoms with Crippen molar-refractivity contribution in [1.29, 1.82) is 0 Å². The molecule has 5 atom stereocenters. The van der Waals surface area contributed by atoms with Crippen LogP contribution in [0.2, 0.25) is 0 Å². The zero-order valence-electron chi connectivity index (χ0n) is 20.7. The lowest BCUT2D eigenvalue weighted by Crippen LogP contribution is -2.43. The molecule has 3 heterocycles. The van der Waals surface area contributed by atoms with Crippen molar-refractivity contribution in [2.24, 2.45) is 17.8 Å². The molecule has 188 valence electrons. The van der Waals surface area contributed by atoms with Crippen LogP contribution in [-0.4, -0.2) is 60.0 Å². The second-order valence-electron chi connectivity index (χ2n) is 10.4. The summed E-state index contributed by atoms with van der Waals surface area (Å²) in [6.45, 7) is 8.92. The summed E-state index contributed by atoms with van der Waals surface area (Å²) in [5, 5.41) is 1.61. The Morgan fingerprint density at radius 1 is 1.09 bits per heavy atom. The molecule has 5 unspecified atom stereocenters. The highest BCUT2D eigenvalue weighted by Crippen LogP contribution is 2.64. The van der Waals surface area contributed by atoms with E-state index >= 15 is 0 Å². The average Bonchev–Trinajstić information content (AvgIpc) is 3.59. The van der Waals surface area contributed by atoms with Gasteiger partial charge >= 0.3 is 4.87 Å². The largest absolute Gasteiger partial charge is 0.378 e. The van der Waals surface area contributed by atoms with E-state index in [0.29, 0.717) is 37.5 Å². The first-order valence-electron chi connectivity index (χ1n) is 13.2. The Bertz CT molecular complexity index is 1130. The van der Waals surface area contributed by atoms with Gasteiger partial charge in [-0.15, -0.1) is 11.8 Å². The van der Waals surface area contributed by atoms with Crippen LogP contribution >= 0.6 is 23.1 Å². The van der Waals surface area contributed by atoms with Crippen molar-refractivity contribution in [2.45, 2.75) is 55.8 Å². The molecular formula is C27H35N3O3S2. The molecule has 0 N–H and O–H groups in total. The lowest BCUT2D eigenvalue weighted by Gasteiger charge is -2.40. The fraction of sp³-hybridized carbons (Fsp3) is 0.630. The molecule has 4 aliphatic rings. The van der Waals surface area contributed by atoms with Gasteiger partial charge in [0.2, 0.25) is 5.91 Å². The van der Waals surface area contributed by atoms with Gasteiger partial charge in [-0.3, -0.25) is 14.2 Å². The average molecular weight is 514 g/mol. The van der Waals surface area contributed by atoms with Crippen molar-refractivity contribution in [3.63, 3.8) is 0 Å². The fourth-order valence-corrected chi connectivity index (χ4v) is 10.1. The molecule has 2 saturated carbocycles. The van der Waals surface area contributed by atoms with Crippen molar-refractivity contribution in [1.82, 2.24) is 9.47 Å². The molecule has 8 heteroatoms. The standard InChI is InChI=1S/C27H35N3O3S2/c1-3-28(4-2)20-9-7-17(8-10-20)22-23-18-5-6-19(15-18)24(23)34-26-25(22)35-27(32)30(26)16-21(31)29-11-13-33-14-12-29/h7-10,18-19,22-24H,3-6,11-16H2,1-2H3. The molecule has 2 aromatic rings. The number of ether oxygens (including phenoxy) is 1. The minimum Gasteiger partial charge on any atom is -0.378 e. The van der Waals surface area contributed by atoms with Gasteiger partial charge in [0.1, 0.15) is 6.54 Å². The first-order chi connectivity index (χ1) is 17.1. The number of benzene rings is 1. The van der Waals surface area contributed by atoms with Gasteiger partial charge < -0.3 is 14.5 Å². The van der Waals surface area contributed by atoms with E-state index in [2.05, 4.69) is 43.0 Å². The Hall–Kier alpha value is -1.77. The van der Waals surface area contributed by atoms with Gasteiger partial charge in [-0.05, 0) is 68.6 Å². The van der Waals surface area contributed by atoms with Crippen LogP contribution < -0.4 is 9.77 Å². The molecule has 1 aromatic carbocycles. The van der Waals surface area contributed by atoms with E-state index < -0.39 is 0 Å². The number of aromatic nitrogens is 1. The molecule has 1 amide bonds. The summed E-state index contributed by atoms with van der Waals surface area (Å²) in [6, 6.07) is 9.12. The Balaban J connectivity index is 1.37. The van der Waals surface area contributed by atoms with Crippen LogP contribution in [0.5, 0.6) is 0 Å². The molecule has 6 nitrogen and oxygen atoms in total. The maximum absolute atomic E-state index is 13.3. The fourth-order valence-electron chi connectivity index (χ4n) is 6.99. The number of morpholine rings is 1. The number of thiazole rings is 1. The van der Waals surface area contributed by atoms with Gasteiger partial charge in [-0.25, -0.2) is 0 Å². The van der Waals surface area contributed by atoms with Gasteiger partial charge in [0.25, 0.3) is 0 Å². The second-order valence-corrected chi connectivity index (χ2v) is 12.5. The number of rotatable bonds is 6. The number of thioether (sulfide) groups is 1. The predicted octanol–water partition coefficient (Wildman–Crippen LogP) is 4.27. The van der Waals surface area contributed by atoms with Crippen molar-refractivity contribution in [3.8, 4) is 0 Å². The summed E-state index contributed by atoms with van der Waals surface area (Å²) in [6.07, 6.45) is 3.95. The third-order valence-corrected chi connectivity index (χ3v) is 11.6. The summed E-state index contributed by atoms with van der Waals surface area (Å²) >= 11 is 3.30. The van der Waals surface area contributed by atoms with Gasteiger partial charge in [-0.2, -0.15) is 0 Å². The maximum Gasteiger partial charge on any atom is 0.308 e. The summed E-state index contributed by atoms with van der Waals surface area (Å²) in [4.78, 5) is 31.8. The first kappa shape index (κ1) is 23.6. The summed E-state index contributed by atoms with van der Waals surface area (Å²) < 4.78 is 7.20. The lowest BCUT2D eigenvalue weighted by molar-refractivity contribution is -0.136. The number of carbonyl (C=O) groups excluding carboxylic acids is 1. The van der Waals surface area contributed by atoms with E-state index in [1.165, 1.54) is 46.7 Å². The van der Waals surface area contributed by atoms with Crippen LogP contribution in [0, 0.1) is 17.8 Å². The van der Waals surface area contributed by atoms with Crippen LogP contribution in [0.4, 0.5) is 5.69 Å². The Kier molecular flexibility index (Phi) is 6.48. The number of amides is 1. The molecule has 1 saturated heterocycles. The normalized spacial score (nSPS) is 29.2. The topological polar surface area (TPSA) is 54.8 Å². The Morgan fingerprint density at radius 2 is 1.80 bits per heavy atom. The monoisotopic (exact) mass is 513 g/mol. The van der Waals surface area contributed by atoms with Gasteiger partial charge in [-0.1, -0.05) is 23.5 Å². The number of anilines is 1. The molecule has 35 heavy (non-hydrogen) atoms. The zero-order valence-corrected chi connectivity index (χ0v) is 22.3. The van der Waals surface area contributed by atoms with Crippen LogP contribution in [0.1, 0.15) is 49.5 Å². The second kappa shape index (κ2) is 9.60. The van der Waals surface area contributed by atoms with Crippen molar-refractivity contribution >= 4 is 34.7 Å². The molecule has 2 bridgehead atoms. The summed E-state index contributed by atoms with van der Waals surface area (Å²) in [5.41, 5.74) is 2.59. The van der Waals surface area contributed by atoms with E-state index in [-0.39, 0.29) is 23.2 Å². The van der Waals surface area contributed by atoms with Crippen LogP contribution in [0.15, 0.2) is 34.1 Å². The molecule has 0 spiro atoms. The molecule has 0 radical (unpaired) electrons. The van der Waals surface area contributed by atoms with Crippen molar-refractivity contribution in [3.05, 3.63) is 44.4 Å². The molecule has 6 rings (SSSR count). The first-order valence-corrected chi connectivity index (χ1v) is 14.9. The van der Waals surface area contributed by atoms with Gasteiger partial charge in [0.05, 0.1) is 18.2 Å². The number of hydrogen-bond donors (Lipinski definition) is 0. The maximum atomic E-state index is 13.3. The van der Waals surface area contributed by atoms with E-state index in [4.69, 9.17) is 4.74 Å². The van der Waals surface area contributed by atoms with E-state index in [1.807, 2.05) is 16.7 Å². The van der Waals surface area contributed by atoms with E-state index in [9.17, 15) is 9.59 Å². The van der Waals surface area contributed by atoms with Gasteiger partial charge in [0, 0.05) is 47.9 Å². The quantitative estimate of drug-likeness (QED) is 0.578. The highest BCUT2D eigenvalue weighted by atomic mass is 32.2.